The molecule has 0 aliphatic heterocycles. The number of aliphatic hydroxyl groups is 1. The Morgan fingerprint density at radius 3 is 1.23 bits per heavy atom. The SMILES string of the molecule is CC/C=C\C/C=C\C/C=C\C/C=C\CCC(=O)OCC(COP(=O)(O)OCC(CO)OC(=O)CC/C=C\C/C=C\C/C=C\C/C=C\CC)OC(=O)CCCCCCCCC/C=C\CCCCCCCC. The first-order valence-electron chi connectivity index (χ1n) is 26.8. The van der Waals surface area contributed by atoms with Crippen LogP contribution in [0.1, 0.15) is 201 Å². The van der Waals surface area contributed by atoms with E-state index in [1.807, 2.05) is 30.4 Å². The molecule has 0 aromatic carbocycles. The number of ether oxygens (including phenoxy) is 3. The van der Waals surface area contributed by atoms with Gasteiger partial charge in [0.25, 0.3) is 0 Å². The van der Waals surface area contributed by atoms with Crippen LogP contribution < -0.4 is 0 Å². The van der Waals surface area contributed by atoms with E-state index in [4.69, 9.17) is 23.3 Å². The molecule has 0 aromatic rings. The number of phosphoric ester groups is 1. The summed E-state index contributed by atoms with van der Waals surface area (Å²) < 4.78 is 39.2. The summed E-state index contributed by atoms with van der Waals surface area (Å²) in [6, 6.07) is 0. The smallest absolute Gasteiger partial charge is 0.462 e. The van der Waals surface area contributed by atoms with Gasteiger partial charge < -0.3 is 24.2 Å². The van der Waals surface area contributed by atoms with Crippen molar-refractivity contribution in [1.82, 2.24) is 0 Å². The lowest BCUT2D eigenvalue weighted by atomic mass is 10.1. The molecule has 2 N–H and O–H groups in total. The number of hydrogen-bond donors (Lipinski definition) is 2. The van der Waals surface area contributed by atoms with E-state index in [-0.39, 0.29) is 25.9 Å². The highest BCUT2D eigenvalue weighted by atomic mass is 31.2. The first-order valence-corrected chi connectivity index (χ1v) is 28.3. The zero-order chi connectivity index (χ0) is 51.3. The van der Waals surface area contributed by atoms with E-state index in [0.717, 1.165) is 83.5 Å². The first kappa shape index (κ1) is 66.1. The Hall–Kier alpha value is -3.86. The summed E-state index contributed by atoms with van der Waals surface area (Å²) in [5.41, 5.74) is 0. The average Bonchev–Trinajstić information content (AvgIpc) is 3.35. The van der Waals surface area contributed by atoms with Crippen molar-refractivity contribution in [3.8, 4) is 0 Å². The number of esters is 3. The maximum atomic E-state index is 12.9. The predicted molar refractivity (Wildman–Crippen MR) is 288 cm³/mol. The van der Waals surface area contributed by atoms with Crippen LogP contribution in [0.4, 0.5) is 0 Å². The highest BCUT2D eigenvalue weighted by molar-refractivity contribution is 7.47. The fraction of sp³-hybridized carbons (Fsp3) is 0.638. The van der Waals surface area contributed by atoms with E-state index in [9.17, 15) is 28.9 Å². The number of rotatable bonds is 48. The van der Waals surface area contributed by atoms with Gasteiger partial charge >= 0.3 is 25.7 Å². The molecule has 0 aromatic heterocycles. The van der Waals surface area contributed by atoms with E-state index in [0.29, 0.717) is 19.3 Å². The number of carbonyl (C=O) groups is 3. The minimum Gasteiger partial charge on any atom is -0.462 e. The van der Waals surface area contributed by atoms with E-state index < -0.39 is 57.8 Å². The van der Waals surface area contributed by atoms with Crippen LogP contribution in [0.25, 0.3) is 0 Å². The van der Waals surface area contributed by atoms with Gasteiger partial charge in [-0.1, -0.05) is 194 Å². The molecule has 0 spiro atoms. The van der Waals surface area contributed by atoms with Crippen molar-refractivity contribution >= 4 is 25.7 Å². The van der Waals surface area contributed by atoms with Gasteiger partial charge in [-0.15, -0.1) is 0 Å². The third-order valence-electron chi connectivity index (χ3n) is 10.7. The summed E-state index contributed by atoms with van der Waals surface area (Å²) in [7, 11) is -4.78. The maximum Gasteiger partial charge on any atom is 0.472 e. The second-order valence-corrected chi connectivity index (χ2v) is 18.7. The Morgan fingerprint density at radius 1 is 0.414 bits per heavy atom. The van der Waals surface area contributed by atoms with Gasteiger partial charge in [0.15, 0.2) is 6.10 Å². The van der Waals surface area contributed by atoms with Crippen molar-refractivity contribution in [3.63, 3.8) is 0 Å². The van der Waals surface area contributed by atoms with Gasteiger partial charge in [0.1, 0.15) is 12.7 Å². The van der Waals surface area contributed by atoms with Gasteiger partial charge in [-0.2, -0.15) is 0 Å². The number of phosphoric acid groups is 1. The van der Waals surface area contributed by atoms with Crippen molar-refractivity contribution < 1.29 is 52.2 Å². The normalized spacial score (nSPS) is 14.3. The average molecular weight is 999 g/mol. The number of carbonyl (C=O) groups excluding carboxylic acids is 3. The van der Waals surface area contributed by atoms with Crippen LogP contribution in [0.5, 0.6) is 0 Å². The second kappa shape index (κ2) is 51.5. The molecule has 12 heteroatoms. The molecule has 3 unspecified atom stereocenters. The minimum atomic E-state index is -4.78. The Morgan fingerprint density at radius 2 is 0.771 bits per heavy atom. The molecule has 0 fully saturated rings. The van der Waals surface area contributed by atoms with Crippen LogP contribution in [0, 0.1) is 0 Å². The third-order valence-corrected chi connectivity index (χ3v) is 11.6. The second-order valence-electron chi connectivity index (χ2n) is 17.3. The molecule has 0 saturated heterocycles. The van der Waals surface area contributed by atoms with Crippen LogP contribution >= 0.6 is 7.82 Å². The summed E-state index contributed by atoms with van der Waals surface area (Å²) in [4.78, 5) is 48.3. The predicted octanol–water partition coefficient (Wildman–Crippen LogP) is 15.5. The Labute approximate surface area is 425 Å². The lowest BCUT2D eigenvalue weighted by Gasteiger charge is -2.21. The molecule has 0 radical (unpaired) electrons. The standard InChI is InChI=1S/C58H95O11P/c1-4-7-10-13-16-19-22-25-26-27-28-31-34-37-40-43-46-49-58(62)69-55(51-65-56(60)47-44-41-38-35-32-29-23-20-17-14-11-8-5-2)53-67-70(63,64)66-52-54(50-59)68-57(61)48-45-42-39-36-33-30-24-21-18-15-12-9-6-3/h8-9,11-12,17-18,20-21,25-26,29-30,32-33,38-39,41-42,54-55,59H,4-7,10,13-16,19,22-24,27-28,31,34-37,40,43-53H2,1-3H3,(H,63,64)/b11-8-,12-9-,20-17-,21-18-,26-25-,32-29-,33-30-,41-38-,42-39-. The lowest BCUT2D eigenvalue weighted by Crippen LogP contribution is -2.30. The van der Waals surface area contributed by atoms with Gasteiger partial charge in [0.2, 0.25) is 0 Å². The van der Waals surface area contributed by atoms with E-state index in [1.54, 1.807) is 0 Å². The van der Waals surface area contributed by atoms with Crippen LogP contribution in [-0.4, -0.2) is 66.5 Å². The van der Waals surface area contributed by atoms with Crippen molar-refractivity contribution in [1.29, 1.82) is 0 Å². The fourth-order valence-corrected chi connectivity index (χ4v) is 7.45. The van der Waals surface area contributed by atoms with E-state index in [2.05, 4.69) is 99.8 Å². The zero-order valence-electron chi connectivity index (χ0n) is 43.7. The number of hydrogen-bond acceptors (Lipinski definition) is 10. The molecular weight excluding hydrogens is 904 g/mol. The fourth-order valence-electron chi connectivity index (χ4n) is 6.67. The molecule has 0 bridgehead atoms. The van der Waals surface area contributed by atoms with Gasteiger partial charge in [0, 0.05) is 19.3 Å². The van der Waals surface area contributed by atoms with Crippen LogP contribution in [0.15, 0.2) is 109 Å². The monoisotopic (exact) mass is 999 g/mol. The molecule has 70 heavy (non-hydrogen) atoms. The Kier molecular flexibility index (Phi) is 48.7. The summed E-state index contributed by atoms with van der Waals surface area (Å²) >= 11 is 0. The molecule has 0 aliphatic rings. The van der Waals surface area contributed by atoms with Crippen molar-refractivity contribution in [2.45, 2.75) is 213 Å². The number of allylic oxidation sites excluding steroid dienone is 18. The third kappa shape index (κ3) is 49.1. The Balaban J connectivity index is 4.88. The Bertz CT molecular complexity index is 1590. The van der Waals surface area contributed by atoms with E-state index >= 15 is 0 Å². The summed E-state index contributed by atoms with van der Waals surface area (Å²) in [5, 5.41) is 9.76. The minimum absolute atomic E-state index is 0.0463. The molecular formula is C58H95O11P. The molecule has 0 amide bonds. The molecule has 398 valence electrons. The molecule has 0 rings (SSSR count). The van der Waals surface area contributed by atoms with Crippen molar-refractivity contribution in [2.75, 3.05) is 26.4 Å². The number of aliphatic hydroxyl groups excluding tert-OH is 1. The largest absolute Gasteiger partial charge is 0.472 e. The van der Waals surface area contributed by atoms with Gasteiger partial charge in [0.05, 0.1) is 19.8 Å². The highest BCUT2D eigenvalue weighted by Crippen LogP contribution is 2.43. The zero-order valence-corrected chi connectivity index (χ0v) is 44.6. The van der Waals surface area contributed by atoms with Gasteiger partial charge in [-0.3, -0.25) is 23.4 Å². The molecule has 0 heterocycles. The van der Waals surface area contributed by atoms with E-state index in [1.165, 1.54) is 57.8 Å². The quantitative estimate of drug-likeness (QED) is 0.0197. The topological polar surface area (TPSA) is 155 Å². The molecule has 0 aliphatic carbocycles. The maximum absolute atomic E-state index is 12.9. The van der Waals surface area contributed by atoms with Crippen molar-refractivity contribution in [2.24, 2.45) is 0 Å². The summed E-state index contributed by atoms with van der Waals surface area (Å²) in [6.07, 6.45) is 60.9. The van der Waals surface area contributed by atoms with Crippen LogP contribution in [-0.2, 0) is 42.2 Å². The summed E-state index contributed by atoms with van der Waals surface area (Å²) in [6.45, 7) is 4.21. The highest BCUT2D eigenvalue weighted by Gasteiger charge is 2.28. The van der Waals surface area contributed by atoms with Crippen LogP contribution in [0.2, 0.25) is 0 Å². The lowest BCUT2D eigenvalue weighted by molar-refractivity contribution is -0.161. The first-order chi connectivity index (χ1) is 34.2. The summed E-state index contributed by atoms with van der Waals surface area (Å²) in [5.74, 6) is -1.67. The molecule has 0 saturated carbocycles. The number of unbranched alkanes of at least 4 members (excludes halogenated alkanes) is 13. The van der Waals surface area contributed by atoms with Gasteiger partial charge in [-0.25, -0.2) is 4.57 Å². The van der Waals surface area contributed by atoms with Gasteiger partial charge in [-0.05, 0) is 96.3 Å². The molecule has 3 atom stereocenters. The van der Waals surface area contributed by atoms with Crippen molar-refractivity contribution in [3.05, 3.63) is 109 Å². The van der Waals surface area contributed by atoms with Crippen LogP contribution in [0.3, 0.4) is 0 Å². The molecule has 11 nitrogen and oxygen atoms in total.